The van der Waals surface area contributed by atoms with Crippen LogP contribution in [0.5, 0.6) is 5.75 Å². The molecule has 0 aromatic heterocycles. The van der Waals surface area contributed by atoms with Gasteiger partial charge in [0.2, 0.25) is 0 Å². The average molecular weight is 313 g/mol. The second-order valence-corrected chi connectivity index (χ2v) is 5.73. The highest BCUT2D eigenvalue weighted by atomic mass is 35.5. The molecule has 0 aliphatic carbocycles. The van der Waals surface area contributed by atoms with Crippen LogP contribution >= 0.6 is 11.6 Å². The largest absolute Gasteiger partial charge is 0.483 e. The Kier molecular flexibility index (Phi) is 7.54. The summed E-state index contributed by atoms with van der Waals surface area (Å²) in [5.74, 6) is 0.549. The van der Waals surface area contributed by atoms with Gasteiger partial charge >= 0.3 is 0 Å². The summed E-state index contributed by atoms with van der Waals surface area (Å²) in [6.45, 7) is 6.02. The number of nitrogens with one attached hydrogen (secondary N) is 1. The second kappa shape index (κ2) is 8.90. The summed E-state index contributed by atoms with van der Waals surface area (Å²) < 4.78 is 5.62. The van der Waals surface area contributed by atoms with Crippen LogP contribution in [0.25, 0.3) is 0 Å². The van der Waals surface area contributed by atoms with Crippen molar-refractivity contribution in [3.63, 3.8) is 0 Å². The molecule has 1 aromatic carbocycles. The predicted octanol–water partition coefficient (Wildman–Crippen LogP) is 2.91. The van der Waals surface area contributed by atoms with E-state index in [9.17, 15) is 4.79 Å². The molecule has 1 aromatic rings. The van der Waals surface area contributed by atoms with Crippen molar-refractivity contribution in [3.8, 4) is 5.75 Å². The van der Waals surface area contributed by atoms with Crippen molar-refractivity contribution >= 4 is 17.5 Å². The molecule has 3 N–H and O–H groups in total. The van der Waals surface area contributed by atoms with Gasteiger partial charge in [0.05, 0.1) is 0 Å². The molecule has 2 unspecified atom stereocenters. The van der Waals surface area contributed by atoms with Crippen LogP contribution in [0.2, 0.25) is 5.02 Å². The first-order valence-corrected chi connectivity index (χ1v) is 7.80. The fourth-order valence-corrected chi connectivity index (χ4v) is 2.03. The van der Waals surface area contributed by atoms with E-state index >= 15 is 0 Å². The summed E-state index contributed by atoms with van der Waals surface area (Å²) in [6, 6.07) is 5.60. The maximum absolute atomic E-state index is 11.8. The predicted molar refractivity (Wildman–Crippen MR) is 86.8 cm³/mol. The number of halogens is 1. The maximum Gasteiger partial charge on any atom is 0.258 e. The van der Waals surface area contributed by atoms with Gasteiger partial charge in [0.1, 0.15) is 5.75 Å². The van der Waals surface area contributed by atoms with Crippen molar-refractivity contribution in [3.05, 3.63) is 28.8 Å². The van der Waals surface area contributed by atoms with Gasteiger partial charge in [-0.1, -0.05) is 25.4 Å². The van der Waals surface area contributed by atoms with Crippen LogP contribution in [0.1, 0.15) is 39.2 Å². The number of hydrogen-bond donors (Lipinski definition) is 2. The standard InChI is InChI=1S/C16H25ClN2O2/c1-4-11(3)19-16(20)10-21-15-7-6-13(17)8-12(15)9-14(18)5-2/h6-8,11,14H,4-5,9-10,18H2,1-3H3,(H,19,20). The molecule has 0 heterocycles. The Hall–Kier alpha value is -1.26. The molecule has 5 heteroatoms. The first-order valence-electron chi connectivity index (χ1n) is 7.42. The molecule has 0 aliphatic rings. The second-order valence-electron chi connectivity index (χ2n) is 5.29. The monoisotopic (exact) mass is 312 g/mol. The Morgan fingerprint density at radius 1 is 1.38 bits per heavy atom. The van der Waals surface area contributed by atoms with Crippen LogP contribution in [0.4, 0.5) is 0 Å². The number of rotatable bonds is 8. The first kappa shape index (κ1) is 17.8. The van der Waals surface area contributed by atoms with Crippen molar-refractivity contribution in [2.45, 2.75) is 52.1 Å². The van der Waals surface area contributed by atoms with E-state index in [-0.39, 0.29) is 24.6 Å². The zero-order chi connectivity index (χ0) is 15.8. The molecule has 118 valence electrons. The van der Waals surface area contributed by atoms with Gasteiger partial charge in [-0.2, -0.15) is 0 Å². The third kappa shape index (κ3) is 6.36. The molecular weight excluding hydrogens is 288 g/mol. The molecule has 2 atom stereocenters. The molecule has 1 amide bonds. The van der Waals surface area contributed by atoms with Crippen LogP contribution in [0, 0.1) is 0 Å². The molecule has 21 heavy (non-hydrogen) atoms. The molecule has 1 rings (SSSR count). The van der Waals surface area contributed by atoms with E-state index in [1.54, 1.807) is 12.1 Å². The van der Waals surface area contributed by atoms with Gasteiger partial charge < -0.3 is 15.8 Å². The van der Waals surface area contributed by atoms with Gasteiger partial charge in [0.15, 0.2) is 6.61 Å². The lowest BCUT2D eigenvalue weighted by molar-refractivity contribution is -0.123. The van der Waals surface area contributed by atoms with Gasteiger partial charge in [0.25, 0.3) is 5.91 Å². The molecule has 0 bridgehead atoms. The quantitative estimate of drug-likeness (QED) is 0.775. The van der Waals surface area contributed by atoms with Crippen LogP contribution in [-0.4, -0.2) is 24.6 Å². The highest BCUT2D eigenvalue weighted by Crippen LogP contribution is 2.24. The smallest absolute Gasteiger partial charge is 0.258 e. The number of carbonyl (C=O) groups excluding carboxylic acids is 1. The Labute approximate surface area is 132 Å². The Bertz CT molecular complexity index is 466. The summed E-state index contributed by atoms with van der Waals surface area (Å²) in [5.41, 5.74) is 6.92. The molecule has 0 aliphatic heterocycles. The fraction of sp³-hybridized carbons (Fsp3) is 0.562. The van der Waals surface area contributed by atoms with Gasteiger partial charge in [-0.15, -0.1) is 0 Å². The van der Waals surface area contributed by atoms with Gasteiger partial charge in [-0.3, -0.25) is 4.79 Å². The average Bonchev–Trinajstić information content (AvgIpc) is 2.46. The normalized spacial score (nSPS) is 13.6. The number of nitrogens with two attached hydrogens (primary N) is 1. The minimum Gasteiger partial charge on any atom is -0.483 e. The minimum atomic E-state index is -0.120. The highest BCUT2D eigenvalue weighted by molar-refractivity contribution is 6.30. The number of carbonyl (C=O) groups is 1. The number of hydrogen-bond acceptors (Lipinski definition) is 3. The maximum atomic E-state index is 11.8. The first-order chi connectivity index (χ1) is 9.96. The van der Waals surface area contributed by atoms with Crippen molar-refractivity contribution in [2.75, 3.05) is 6.61 Å². The van der Waals surface area contributed by atoms with Crippen molar-refractivity contribution in [1.82, 2.24) is 5.32 Å². The van der Waals surface area contributed by atoms with E-state index < -0.39 is 0 Å². The molecular formula is C16H25ClN2O2. The van der Waals surface area contributed by atoms with Crippen LogP contribution in [0.3, 0.4) is 0 Å². The molecule has 0 fully saturated rings. The lowest BCUT2D eigenvalue weighted by atomic mass is 10.0. The lowest BCUT2D eigenvalue weighted by Gasteiger charge is -2.16. The molecule has 0 radical (unpaired) electrons. The van der Waals surface area contributed by atoms with E-state index in [1.807, 2.05) is 26.8 Å². The third-order valence-corrected chi connectivity index (χ3v) is 3.64. The lowest BCUT2D eigenvalue weighted by Crippen LogP contribution is -2.35. The fourth-order valence-electron chi connectivity index (χ4n) is 1.84. The van der Waals surface area contributed by atoms with Crippen LogP contribution in [0.15, 0.2) is 18.2 Å². The number of ether oxygens (including phenoxy) is 1. The zero-order valence-electron chi connectivity index (χ0n) is 13.0. The van der Waals surface area contributed by atoms with Crippen molar-refractivity contribution in [2.24, 2.45) is 5.73 Å². The highest BCUT2D eigenvalue weighted by Gasteiger charge is 2.11. The summed E-state index contributed by atoms with van der Waals surface area (Å²) in [6.07, 6.45) is 2.45. The van der Waals surface area contributed by atoms with Crippen molar-refractivity contribution in [1.29, 1.82) is 0 Å². The summed E-state index contributed by atoms with van der Waals surface area (Å²) in [4.78, 5) is 11.8. The van der Waals surface area contributed by atoms with Crippen molar-refractivity contribution < 1.29 is 9.53 Å². The Morgan fingerprint density at radius 3 is 2.71 bits per heavy atom. The summed E-state index contributed by atoms with van der Waals surface area (Å²) in [5, 5.41) is 3.51. The molecule has 4 nitrogen and oxygen atoms in total. The number of amides is 1. The summed E-state index contributed by atoms with van der Waals surface area (Å²) in [7, 11) is 0. The van der Waals surface area contributed by atoms with E-state index in [0.717, 1.165) is 18.4 Å². The molecule has 0 saturated heterocycles. The third-order valence-electron chi connectivity index (χ3n) is 3.41. The Morgan fingerprint density at radius 2 is 2.10 bits per heavy atom. The number of benzene rings is 1. The summed E-state index contributed by atoms with van der Waals surface area (Å²) >= 11 is 6.02. The van der Waals surface area contributed by atoms with Gasteiger partial charge in [-0.25, -0.2) is 0 Å². The van der Waals surface area contributed by atoms with E-state index in [2.05, 4.69) is 5.32 Å². The van der Waals surface area contributed by atoms with Gasteiger partial charge in [0, 0.05) is 17.1 Å². The minimum absolute atomic E-state index is 0.000333. The zero-order valence-corrected chi connectivity index (χ0v) is 13.7. The topological polar surface area (TPSA) is 64.3 Å². The van der Waals surface area contributed by atoms with E-state index in [1.165, 1.54) is 0 Å². The van der Waals surface area contributed by atoms with Gasteiger partial charge in [-0.05, 0) is 49.9 Å². The van der Waals surface area contributed by atoms with E-state index in [0.29, 0.717) is 17.2 Å². The molecule has 0 saturated carbocycles. The Balaban J connectivity index is 2.67. The van der Waals surface area contributed by atoms with Crippen LogP contribution < -0.4 is 15.8 Å². The SMILES string of the molecule is CCC(N)Cc1cc(Cl)ccc1OCC(=O)NC(C)CC. The van der Waals surface area contributed by atoms with Crippen LogP contribution in [-0.2, 0) is 11.2 Å². The van der Waals surface area contributed by atoms with E-state index in [4.69, 9.17) is 22.1 Å². The molecule has 0 spiro atoms.